The molecule has 0 aliphatic carbocycles. The maximum absolute atomic E-state index is 5.78. The third-order valence-corrected chi connectivity index (χ3v) is 4.13. The summed E-state index contributed by atoms with van der Waals surface area (Å²) in [7, 11) is 0. The number of piperazine rings is 1. The van der Waals surface area contributed by atoms with Gasteiger partial charge in [0.15, 0.2) is 0 Å². The Hall–Kier alpha value is -1.22. The van der Waals surface area contributed by atoms with Crippen LogP contribution in [0.25, 0.3) is 0 Å². The van der Waals surface area contributed by atoms with Crippen molar-refractivity contribution in [3.63, 3.8) is 0 Å². The van der Waals surface area contributed by atoms with E-state index in [1.807, 2.05) is 13.0 Å². The fraction of sp³-hybridized carbons (Fsp3) is 0.625. The van der Waals surface area contributed by atoms with Crippen molar-refractivity contribution < 1.29 is 4.74 Å². The van der Waals surface area contributed by atoms with E-state index in [4.69, 9.17) is 4.74 Å². The molecule has 1 aliphatic rings. The third-order valence-electron chi connectivity index (χ3n) is 4.13. The lowest BCUT2D eigenvalue weighted by atomic mass is 9.93. The average molecular weight is 262 g/mol. The number of hydrogen-bond acceptors (Lipinski definition) is 3. The quantitative estimate of drug-likeness (QED) is 0.902. The van der Waals surface area contributed by atoms with Crippen LogP contribution in [0.5, 0.6) is 5.75 Å². The smallest absolute Gasteiger partial charge is 0.142 e. The molecule has 0 bridgehead atoms. The fourth-order valence-corrected chi connectivity index (χ4v) is 2.62. The second-order valence-electron chi connectivity index (χ2n) is 5.67. The first-order valence-corrected chi connectivity index (χ1v) is 7.33. The first-order chi connectivity index (χ1) is 9.09. The van der Waals surface area contributed by atoms with Gasteiger partial charge in [-0.25, -0.2) is 0 Å². The zero-order valence-electron chi connectivity index (χ0n) is 12.6. The molecule has 0 amide bonds. The Balaban J connectivity index is 2.28. The molecule has 2 unspecified atom stereocenters. The van der Waals surface area contributed by atoms with Crippen LogP contribution in [0.2, 0.25) is 0 Å². The van der Waals surface area contributed by atoms with Gasteiger partial charge in [-0.3, -0.25) is 0 Å². The first kappa shape index (κ1) is 14.2. The summed E-state index contributed by atoms with van der Waals surface area (Å²) in [6, 6.07) is 8.86. The molecular formula is C16H26N2O. The molecule has 1 saturated heterocycles. The summed E-state index contributed by atoms with van der Waals surface area (Å²) in [4.78, 5) is 2.48. The van der Waals surface area contributed by atoms with E-state index in [1.54, 1.807) is 0 Å². The molecule has 1 heterocycles. The van der Waals surface area contributed by atoms with Gasteiger partial charge in [0.25, 0.3) is 0 Å². The van der Waals surface area contributed by atoms with E-state index in [0.717, 1.165) is 25.3 Å². The molecule has 0 aromatic heterocycles. The minimum Gasteiger partial charge on any atom is -0.492 e. The highest BCUT2D eigenvalue weighted by atomic mass is 16.5. The molecule has 3 nitrogen and oxygen atoms in total. The summed E-state index contributed by atoms with van der Waals surface area (Å²) < 4.78 is 5.78. The van der Waals surface area contributed by atoms with Gasteiger partial charge in [0.05, 0.1) is 12.3 Å². The Morgan fingerprint density at radius 2 is 2.11 bits per heavy atom. The molecule has 1 aliphatic heterocycles. The molecule has 2 rings (SSSR count). The highest BCUT2D eigenvalue weighted by molar-refractivity contribution is 5.59. The summed E-state index contributed by atoms with van der Waals surface area (Å²) in [5.74, 6) is 0.997. The first-order valence-electron chi connectivity index (χ1n) is 7.33. The van der Waals surface area contributed by atoms with Gasteiger partial charge in [-0.05, 0) is 39.3 Å². The zero-order chi connectivity index (χ0) is 13.9. The predicted molar refractivity (Wildman–Crippen MR) is 81.1 cm³/mol. The number of rotatable bonds is 4. The summed E-state index contributed by atoms with van der Waals surface area (Å²) in [5.41, 5.74) is 1.41. The summed E-state index contributed by atoms with van der Waals surface area (Å²) in [6.45, 7) is 11.6. The Morgan fingerprint density at radius 3 is 2.79 bits per heavy atom. The van der Waals surface area contributed by atoms with E-state index >= 15 is 0 Å². The largest absolute Gasteiger partial charge is 0.492 e. The van der Waals surface area contributed by atoms with Crippen molar-refractivity contribution in [2.75, 3.05) is 24.6 Å². The zero-order valence-corrected chi connectivity index (χ0v) is 12.6. The Morgan fingerprint density at radius 1 is 1.37 bits per heavy atom. The molecule has 19 heavy (non-hydrogen) atoms. The van der Waals surface area contributed by atoms with Gasteiger partial charge in [0, 0.05) is 24.7 Å². The number of ether oxygens (including phenoxy) is 1. The van der Waals surface area contributed by atoms with E-state index in [2.05, 4.69) is 49.2 Å². The number of benzene rings is 1. The second kappa shape index (κ2) is 5.83. The van der Waals surface area contributed by atoms with Crippen LogP contribution in [0, 0.1) is 0 Å². The van der Waals surface area contributed by atoms with Gasteiger partial charge >= 0.3 is 0 Å². The molecule has 0 spiro atoms. The lowest BCUT2D eigenvalue weighted by Gasteiger charge is -2.46. The Kier molecular flexibility index (Phi) is 4.35. The summed E-state index contributed by atoms with van der Waals surface area (Å²) >= 11 is 0. The molecule has 1 aromatic carbocycles. The van der Waals surface area contributed by atoms with Crippen LogP contribution >= 0.6 is 0 Å². The second-order valence-corrected chi connectivity index (χ2v) is 5.67. The molecule has 3 heteroatoms. The summed E-state index contributed by atoms with van der Waals surface area (Å²) in [5, 5.41) is 3.66. The predicted octanol–water partition coefficient (Wildman–Crippen LogP) is 3.05. The maximum atomic E-state index is 5.78. The number of hydrogen-bond donors (Lipinski definition) is 1. The van der Waals surface area contributed by atoms with Crippen LogP contribution in [0.4, 0.5) is 5.69 Å². The molecule has 2 atom stereocenters. The van der Waals surface area contributed by atoms with Crippen LogP contribution < -0.4 is 15.0 Å². The van der Waals surface area contributed by atoms with Gasteiger partial charge in [0.2, 0.25) is 0 Å². The fourth-order valence-electron chi connectivity index (χ4n) is 2.62. The van der Waals surface area contributed by atoms with Gasteiger partial charge in [-0.1, -0.05) is 19.1 Å². The van der Waals surface area contributed by atoms with Crippen molar-refractivity contribution in [2.24, 2.45) is 0 Å². The van der Waals surface area contributed by atoms with Crippen LogP contribution in [0.1, 0.15) is 34.1 Å². The van der Waals surface area contributed by atoms with Gasteiger partial charge in [-0.2, -0.15) is 0 Å². The molecule has 1 N–H and O–H groups in total. The minimum atomic E-state index is 0.186. The van der Waals surface area contributed by atoms with Gasteiger partial charge in [-0.15, -0.1) is 0 Å². The third kappa shape index (κ3) is 3.03. The van der Waals surface area contributed by atoms with Crippen LogP contribution in [0.15, 0.2) is 24.3 Å². The van der Waals surface area contributed by atoms with Crippen molar-refractivity contribution in [1.29, 1.82) is 0 Å². The Labute approximate surface area is 116 Å². The van der Waals surface area contributed by atoms with E-state index < -0.39 is 0 Å². The average Bonchev–Trinajstić information content (AvgIpc) is 2.43. The van der Waals surface area contributed by atoms with Gasteiger partial charge in [0.1, 0.15) is 5.75 Å². The monoisotopic (exact) mass is 262 g/mol. The molecule has 1 aromatic rings. The van der Waals surface area contributed by atoms with Crippen LogP contribution in [-0.2, 0) is 0 Å². The normalized spacial score (nSPS) is 27.4. The Bertz CT molecular complexity index is 421. The lowest BCUT2D eigenvalue weighted by molar-refractivity contribution is 0.281. The lowest BCUT2D eigenvalue weighted by Crippen LogP contribution is -2.62. The van der Waals surface area contributed by atoms with Crippen LogP contribution in [-0.4, -0.2) is 31.3 Å². The molecular weight excluding hydrogens is 236 g/mol. The SMILES string of the molecule is CCOc1ccccc1N1CC(C)(CC)NCC1C. The highest BCUT2D eigenvalue weighted by Crippen LogP contribution is 2.32. The van der Waals surface area contributed by atoms with Crippen molar-refractivity contribution >= 4 is 5.69 Å². The number of para-hydroxylation sites is 2. The van der Waals surface area contributed by atoms with Crippen molar-refractivity contribution in [3.8, 4) is 5.75 Å². The van der Waals surface area contributed by atoms with Crippen molar-refractivity contribution in [1.82, 2.24) is 5.32 Å². The topological polar surface area (TPSA) is 24.5 Å². The number of nitrogens with one attached hydrogen (secondary N) is 1. The minimum absolute atomic E-state index is 0.186. The highest BCUT2D eigenvalue weighted by Gasteiger charge is 2.33. The molecule has 106 valence electrons. The van der Waals surface area contributed by atoms with Crippen molar-refractivity contribution in [3.05, 3.63) is 24.3 Å². The molecule has 1 fully saturated rings. The van der Waals surface area contributed by atoms with Crippen molar-refractivity contribution in [2.45, 2.75) is 45.7 Å². The van der Waals surface area contributed by atoms with E-state index in [1.165, 1.54) is 5.69 Å². The standard InChI is InChI=1S/C16H26N2O/c1-5-16(4)12-18(13(3)11-17-16)14-9-7-8-10-15(14)19-6-2/h7-10,13,17H,5-6,11-12H2,1-4H3. The number of anilines is 1. The van der Waals surface area contributed by atoms with Crippen LogP contribution in [0.3, 0.4) is 0 Å². The van der Waals surface area contributed by atoms with Gasteiger partial charge < -0.3 is 15.0 Å². The summed E-state index contributed by atoms with van der Waals surface area (Å²) in [6.07, 6.45) is 1.13. The molecule has 0 saturated carbocycles. The van der Waals surface area contributed by atoms with E-state index in [-0.39, 0.29) is 5.54 Å². The van der Waals surface area contributed by atoms with E-state index in [9.17, 15) is 0 Å². The number of nitrogens with zero attached hydrogens (tertiary/aromatic N) is 1. The molecule has 0 radical (unpaired) electrons. The van der Waals surface area contributed by atoms with E-state index in [0.29, 0.717) is 12.6 Å². The maximum Gasteiger partial charge on any atom is 0.142 e.